The van der Waals surface area contributed by atoms with Crippen LogP contribution < -0.4 is 15.5 Å². The summed E-state index contributed by atoms with van der Waals surface area (Å²) in [4.78, 5) is 52.1. The van der Waals surface area contributed by atoms with Crippen LogP contribution >= 0.6 is 0 Å². The first kappa shape index (κ1) is 17.7. The molecule has 3 heterocycles. The zero-order valence-electron chi connectivity index (χ0n) is 15.2. The standard InChI is InChI=1S/C19H22N4O4/c1-22(10-11-3-2-8-20-11)12-4-5-13-14(9-12)19(27)23(18(13)26)15-6-7-16(24)21-17(15)25/h4-5,9,11,15,20H,2-3,6-8,10H2,1H3,(H,21,24,25). The van der Waals surface area contributed by atoms with Gasteiger partial charge in [0.15, 0.2) is 0 Å². The predicted octanol–water partition coefficient (Wildman–Crippen LogP) is 0.276. The molecule has 3 aliphatic rings. The predicted molar refractivity (Wildman–Crippen MR) is 97.4 cm³/mol. The first-order valence-corrected chi connectivity index (χ1v) is 9.26. The molecular formula is C19H22N4O4. The number of fused-ring (bicyclic) bond motifs is 1. The lowest BCUT2D eigenvalue weighted by atomic mass is 10.0. The fourth-order valence-corrected chi connectivity index (χ4v) is 4.04. The molecule has 142 valence electrons. The third-order valence-electron chi connectivity index (χ3n) is 5.52. The molecular weight excluding hydrogens is 348 g/mol. The second-order valence-corrected chi connectivity index (χ2v) is 7.35. The lowest BCUT2D eigenvalue weighted by Crippen LogP contribution is -2.54. The number of likely N-dealkylation sites (N-methyl/N-ethyl adjacent to an activating group) is 1. The van der Waals surface area contributed by atoms with E-state index in [-0.39, 0.29) is 18.7 Å². The molecule has 2 unspecified atom stereocenters. The minimum atomic E-state index is -0.932. The van der Waals surface area contributed by atoms with Crippen LogP contribution in [0.1, 0.15) is 46.4 Å². The molecule has 8 heteroatoms. The van der Waals surface area contributed by atoms with Gasteiger partial charge in [-0.1, -0.05) is 0 Å². The van der Waals surface area contributed by atoms with Crippen molar-refractivity contribution in [2.75, 3.05) is 25.0 Å². The van der Waals surface area contributed by atoms with Crippen LogP contribution in [0.5, 0.6) is 0 Å². The Morgan fingerprint density at radius 1 is 1.11 bits per heavy atom. The summed E-state index contributed by atoms with van der Waals surface area (Å²) in [6.45, 7) is 1.84. The quantitative estimate of drug-likeness (QED) is 0.739. The Labute approximate surface area is 156 Å². The lowest BCUT2D eigenvalue weighted by Gasteiger charge is -2.27. The van der Waals surface area contributed by atoms with Gasteiger partial charge in [-0.05, 0) is 44.0 Å². The van der Waals surface area contributed by atoms with Gasteiger partial charge in [0.1, 0.15) is 6.04 Å². The third-order valence-corrected chi connectivity index (χ3v) is 5.52. The van der Waals surface area contributed by atoms with E-state index in [0.29, 0.717) is 17.2 Å². The van der Waals surface area contributed by atoms with Crippen LogP contribution in [0.15, 0.2) is 18.2 Å². The summed E-state index contributed by atoms with van der Waals surface area (Å²) in [5.41, 5.74) is 1.47. The lowest BCUT2D eigenvalue weighted by molar-refractivity contribution is -0.136. The zero-order chi connectivity index (χ0) is 19.1. The van der Waals surface area contributed by atoms with Crippen LogP contribution in [0.2, 0.25) is 0 Å². The monoisotopic (exact) mass is 370 g/mol. The van der Waals surface area contributed by atoms with E-state index in [2.05, 4.69) is 15.5 Å². The number of rotatable bonds is 4. The summed E-state index contributed by atoms with van der Waals surface area (Å²) in [7, 11) is 1.96. The Balaban J connectivity index is 1.56. The molecule has 4 rings (SSSR count). The van der Waals surface area contributed by atoms with E-state index in [1.807, 2.05) is 13.1 Å². The highest BCUT2D eigenvalue weighted by Gasteiger charge is 2.44. The first-order chi connectivity index (χ1) is 13.0. The molecule has 0 saturated carbocycles. The highest BCUT2D eigenvalue weighted by Crippen LogP contribution is 2.30. The van der Waals surface area contributed by atoms with Gasteiger partial charge in [-0.2, -0.15) is 0 Å². The fourth-order valence-electron chi connectivity index (χ4n) is 4.04. The molecule has 2 atom stereocenters. The van der Waals surface area contributed by atoms with Crippen molar-refractivity contribution in [3.63, 3.8) is 0 Å². The number of amides is 4. The number of anilines is 1. The average molecular weight is 370 g/mol. The van der Waals surface area contributed by atoms with Crippen molar-refractivity contribution in [1.82, 2.24) is 15.5 Å². The van der Waals surface area contributed by atoms with Gasteiger partial charge in [0.2, 0.25) is 11.8 Å². The number of hydrogen-bond acceptors (Lipinski definition) is 6. The van der Waals surface area contributed by atoms with Crippen molar-refractivity contribution in [3.05, 3.63) is 29.3 Å². The molecule has 27 heavy (non-hydrogen) atoms. The topological polar surface area (TPSA) is 98.8 Å². The van der Waals surface area contributed by atoms with Crippen molar-refractivity contribution in [3.8, 4) is 0 Å². The first-order valence-electron chi connectivity index (χ1n) is 9.26. The Kier molecular flexibility index (Phi) is 4.43. The molecule has 8 nitrogen and oxygen atoms in total. The van der Waals surface area contributed by atoms with Crippen molar-refractivity contribution in [2.24, 2.45) is 0 Å². The van der Waals surface area contributed by atoms with Gasteiger partial charge in [0.05, 0.1) is 11.1 Å². The number of nitrogens with one attached hydrogen (secondary N) is 2. The smallest absolute Gasteiger partial charge is 0.262 e. The van der Waals surface area contributed by atoms with E-state index < -0.39 is 23.8 Å². The Hall–Kier alpha value is -2.74. The van der Waals surface area contributed by atoms with Gasteiger partial charge in [0, 0.05) is 31.7 Å². The van der Waals surface area contributed by atoms with Crippen LogP contribution in [0.4, 0.5) is 5.69 Å². The summed E-state index contributed by atoms with van der Waals surface area (Å²) < 4.78 is 0. The largest absolute Gasteiger partial charge is 0.373 e. The van der Waals surface area contributed by atoms with Crippen molar-refractivity contribution < 1.29 is 19.2 Å². The molecule has 1 aromatic rings. The van der Waals surface area contributed by atoms with E-state index in [1.54, 1.807) is 12.1 Å². The van der Waals surface area contributed by atoms with Gasteiger partial charge >= 0.3 is 0 Å². The Bertz CT molecular complexity index is 831. The summed E-state index contributed by atoms with van der Waals surface area (Å²) in [5.74, 6) is -1.92. The van der Waals surface area contributed by atoms with Gasteiger partial charge in [-0.25, -0.2) is 0 Å². The van der Waals surface area contributed by atoms with Crippen molar-refractivity contribution in [1.29, 1.82) is 0 Å². The zero-order valence-corrected chi connectivity index (χ0v) is 15.2. The number of carbonyl (C=O) groups excluding carboxylic acids is 4. The molecule has 3 aliphatic heterocycles. The molecule has 4 amide bonds. The number of hydrogen-bond donors (Lipinski definition) is 2. The molecule has 0 aromatic heterocycles. The van der Waals surface area contributed by atoms with Crippen LogP contribution in [-0.4, -0.2) is 60.7 Å². The van der Waals surface area contributed by atoms with E-state index in [0.717, 1.165) is 36.5 Å². The number of imide groups is 2. The van der Waals surface area contributed by atoms with E-state index in [1.165, 1.54) is 0 Å². The molecule has 2 saturated heterocycles. The van der Waals surface area contributed by atoms with Gasteiger partial charge in [0.25, 0.3) is 11.8 Å². The Morgan fingerprint density at radius 3 is 2.59 bits per heavy atom. The maximum Gasteiger partial charge on any atom is 0.262 e. The number of carbonyl (C=O) groups is 4. The SMILES string of the molecule is CN(CC1CCCN1)c1ccc2c(c1)C(=O)N(C1CCC(=O)NC1=O)C2=O. The third kappa shape index (κ3) is 3.10. The molecule has 0 radical (unpaired) electrons. The van der Waals surface area contributed by atoms with E-state index >= 15 is 0 Å². The molecule has 2 fully saturated rings. The van der Waals surface area contributed by atoms with Crippen LogP contribution in [0.25, 0.3) is 0 Å². The number of piperidine rings is 1. The highest BCUT2D eigenvalue weighted by molar-refractivity contribution is 6.23. The van der Waals surface area contributed by atoms with E-state index in [9.17, 15) is 19.2 Å². The normalized spacial score (nSPS) is 25.0. The summed E-state index contributed by atoms with van der Waals surface area (Å²) >= 11 is 0. The second-order valence-electron chi connectivity index (χ2n) is 7.35. The van der Waals surface area contributed by atoms with Crippen molar-refractivity contribution in [2.45, 2.75) is 37.8 Å². The molecule has 1 aromatic carbocycles. The van der Waals surface area contributed by atoms with Gasteiger partial charge in [-0.15, -0.1) is 0 Å². The van der Waals surface area contributed by atoms with Crippen molar-refractivity contribution >= 4 is 29.3 Å². The number of nitrogens with zero attached hydrogens (tertiary/aromatic N) is 2. The molecule has 2 N–H and O–H groups in total. The molecule has 0 spiro atoms. The molecule has 0 aliphatic carbocycles. The van der Waals surface area contributed by atoms with Gasteiger partial charge in [-0.3, -0.25) is 29.4 Å². The van der Waals surface area contributed by atoms with Crippen LogP contribution in [-0.2, 0) is 9.59 Å². The minimum absolute atomic E-state index is 0.117. The van der Waals surface area contributed by atoms with Gasteiger partial charge < -0.3 is 10.2 Å². The summed E-state index contributed by atoms with van der Waals surface area (Å²) in [6, 6.07) is 4.68. The van der Waals surface area contributed by atoms with Crippen LogP contribution in [0, 0.1) is 0 Å². The van der Waals surface area contributed by atoms with Crippen LogP contribution in [0.3, 0.4) is 0 Å². The minimum Gasteiger partial charge on any atom is -0.373 e. The average Bonchev–Trinajstić information content (AvgIpc) is 3.23. The van der Waals surface area contributed by atoms with E-state index in [4.69, 9.17) is 0 Å². The maximum atomic E-state index is 12.9. The molecule has 0 bridgehead atoms. The summed E-state index contributed by atoms with van der Waals surface area (Å²) in [6.07, 6.45) is 2.56. The highest BCUT2D eigenvalue weighted by atomic mass is 16.2. The summed E-state index contributed by atoms with van der Waals surface area (Å²) in [5, 5.41) is 5.65. The number of benzene rings is 1. The maximum absolute atomic E-state index is 12.9. The fraction of sp³-hybridized carbons (Fsp3) is 0.474. The second kappa shape index (κ2) is 6.77. The Morgan fingerprint density at radius 2 is 1.89 bits per heavy atom.